The molecule has 0 N–H and O–H groups in total. The average molecular weight is 412 g/mol. The Morgan fingerprint density at radius 1 is 0.645 bits per heavy atom. The Bertz CT molecular complexity index is 1120. The fourth-order valence-corrected chi connectivity index (χ4v) is 5.13. The fourth-order valence-electron chi connectivity index (χ4n) is 5.13. The van der Waals surface area contributed by atoms with Crippen molar-refractivity contribution in [2.45, 2.75) is 77.6 Å². The largest absolute Gasteiger partial charge is 0.309 e. The second-order valence-electron chi connectivity index (χ2n) is 9.39. The van der Waals surface area contributed by atoms with Crippen LogP contribution in [0.25, 0.3) is 27.5 Å². The van der Waals surface area contributed by atoms with E-state index in [4.69, 9.17) is 0 Å². The molecule has 1 atom stereocenters. The van der Waals surface area contributed by atoms with Crippen LogP contribution in [0.2, 0.25) is 0 Å². The standard InChI is InChI=1S/C30H37N/c1-4-6-8-14-22-30(3,21-7-5-2)24-19-20-29-27(23-24)26-17-12-13-18-28(26)31(29)25-15-10-9-11-16-25/h9-13,15-20,23H,4-8,14,21-22H2,1-3H3. The van der Waals surface area contributed by atoms with E-state index < -0.39 is 0 Å². The first-order chi connectivity index (χ1) is 15.2. The van der Waals surface area contributed by atoms with Crippen molar-refractivity contribution in [1.29, 1.82) is 0 Å². The van der Waals surface area contributed by atoms with Gasteiger partial charge in [-0.05, 0) is 54.2 Å². The molecule has 1 nitrogen and oxygen atoms in total. The van der Waals surface area contributed by atoms with E-state index >= 15 is 0 Å². The Kier molecular flexibility index (Phi) is 6.80. The maximum atomic E-state index is 2.51. The smallest absolute Gasteiger partial charge is 0.0541 e. The maximum absolute atomic E-state index is 2.51. The molecule has 1 aromatic heterocycles. The molecule has 0 aliphatic heterocycles. The van der Waals surface area contributed by atoms with E-state index in [2.05, 4.69) is 98.1 Å². The molecule has 4 rings (SSSR count). The minimum Gasteiger partial charge on any atom is -0.309 e. The summed E-state index contributed by atoms with van der Waals surface area (Å²) in [5.41, 5.74) is 5.60. The Morgan fingerprint density at radius 3 is 2.10 bits per heavy atom. The third-order valence-electron chi connectivity index (χ3n) is 7.05. The summed E-state index contributed by atoms with van der Waals surface area (Å²) in [6.07, 6.45) is 10.5. The van der Waals surface area contributed by atoms with Gasteiger partial charge in [-0.1, -0.05) is 102 Å². The lowest BCUT2D eigenvalue weighted by Gasteiger charge is -2.31. The molecule has 0 fully saturated rings. The Hall–Kier alpha value is -2.54. The second-order valence-corrected chi connectivity index (χ2v) is 9.39. The Balaban J connectivity index is 1.82. The molecule has 162 valence electrons. The summed E-state index contributed by atoms with van der Waals surface area (Å²) < 4.78 is 2.42. The molecule has 4 aromatic rings. The van der Waals surface area contributed by atoms with Gasteiger partial charge in [-0.25, -0.2) is 0 Å². The van der Waals surface area contributed by atoms with Crippen molar-refractivity contribution in [3.05, 3.63) is 78.4 Å². The number of nitrogens with zero attached hydrogens (tertiary/aromatic N) is 1. The van der Waals surface area contributed by atoms with Crippen LogP contribution in [0.15, 0.2) is 72.8 Å². The zero-order chi connectivity index (χ0) is 21.7. The van der Waals surface area contributed by atoms with Gasteiger partial charge in [0.1, 0.15) is 0 Å². The monoisotopic (exact) mass is 411 g/mol. The van der Waals surface area contributed by atoms with E-state index in [0.29, 0.717) is 0 Å². The maximum Gasteiger partial charge on any atom is 0.0541 e. The van der Waals surface area contributed by atoms with Gasteiger partial charge in [0.15, 0.2) is 0 Å². The molecule has 0 bridgehead atoms. The number of hydrogen-bond donors (Lipinski definition) is 0. The zero-order valence-electron chi connectivity index (χ0n) is 19.5. The number of unbranched alkanes of at least 4 members (excludes halogenated alkanes) is 4. The molecule has 31 heavy (non-hydrogen) atoms. The van der Waals surface area contributed by atoms with Crippen LogP contribution in [-0.2, 0) is 5.41 Å². The van der Waals surface area contributed by atoms with E-state index in [1.807, 2.05) is 0 Å². The van der Waals surface area contributed by atoms with Gasteiger partial charge in [-0.3, -0.25) is 0 Å². The third-order valence-corrected chi connectivity index (χ3v) is 7.05. The van der Waals surface area contributed by atoms with Gasteiger partial charge < -0.3 is 4.57 Å². The highest BCUT2D eigenvalue weighted by molar-refractivity contribution is 6.09. The van der Waals surface area contributed by atoms with E-state index in [-0.39, 0.29) is 5.41 Å². The highest BCUT2D eigenvalue weighted by atomic mass is 15.0. The first kappa shape index (κ1) is 21.7. The van der Waals surface area contributed by atoms with Crippen LogP contribution in [0.5, 0.6) is 0 Å². The molecule has 0 saturated carbocycles. The molecule has 0 radical (unpaired) electrons. The van der Waals surface area contributed by atoms with Crippen molar-refractivity contribution in [1.82, 2.24) is 4.57 Å². The number of benzene rings is 3. The average Bonchev–Trinajstić information content (AvgIpc) is 3.15. The quantitative estimate of drug-likeness (QED) is 0.229. The zero-order valence-corrected chi connectivity index (χ0v) is 19.5. The van der Waals surface area contributed by atoms with Crippen LogP contribution in [0.1, 0.15) is 77.7 Å². The summed E-state index contributed by atoms with van der Waals surface area (Å²) in [4.78, 5) is 0. The van der Waals surface area contributed by atoms with E-state index in [9.17, 15) is 0 Å². The normalized spacial score (nSPS) is 13.6. The van der Waals surface area contributed by atoms with Gasteiger partial charge in [-0.15, -0.1) is 0 Å². The predicted molar refractivity (Wildman–Crippen MR) is 136 cm³/mol. The van der Waals surface area contributed by atoms with Crippen molar-refractivity contribution in [2.24, 2.45) is 0 Å². The van der Waals surface area contributed by atoms with Crippen molar-refractivity contribution in [3.63, 3.8) is 0 Å². The molecule has 1 heterocycles. The van der Waals surface area contributed by atoms with Crippen molar-refractivity contribution < 1.29 is 0 Å². The van der Waals surface area contributed by atoms with Gasteiger partial charge >= 0.3 is 0 Å². The summed E-state index contributed by atoms with van der Waals surface area (Å²) in [5.74, 6) is 0. The van der Waals surface area contributed by atoms with E-state index in [1.165, 1.54) is 84.4 Å². The molecule has 0 saturated heterocycles. The minimum absolute atomic E-state index is 0.258. The minimum atomic E-state index is 0.258. The number of aromatic nitrogens is 1. The fraction of sp³-hybridized carbons (Fsp3) is 0.400. The summed E-state index contributed by atoms with van der Waals surface area (Å²) in [6, 6.07) is 26.9. The molecule has 0 amide bonds. The van der Waals surface area contributed by atoms with Crippen LogP contribution in [0.4, 0.5) is 0 Å². The van der Waals surface area contributed by atoms with E-state index in [0.717, 1.165) is 0 Å². The van der Waals surface area contributed by atoms with Gasteiger partial charge in [-0.2, -0.15) is 0 Å². The molecular weight excluding hydrogens is 374 g/mol. The third kappa shape index (κ3) is 4.42. The molecule has 0 aliphatic carbocycles. The van der Waals surface area contributed by atoms with Crippen molar-refractivity contribution in [3.8, 4) is 5.69 Å². The molecule has 1 unspecified atom stereocenters. The summed E-state index contributed by atoms with van der Waals surface area (Å²) in [7, 11) is 0. The first-order valence-electron chi connectivity index (χ1n) is 12.3. The number of fused-ring (bicyclic) bond motifs is 3. The number of hydrogen-bond acceptors (Lipinski definition) is 0. The van der Waals surface area contributed by atoms with Crippen LogP contribution in [-0.4, -0.2) is 4.57 Å². The van der Waals surface area contributed by atoms with Crippen LogP contribution in [0.3, 0.4) is 0 Å². The van der Waals surface area contributed by atoms with Gasteiger partial charge in [0.05, 0.1) is 11.0 Å². The summed E-state index contributed by atoms with van der Waals surface area (Å²) in [6.45, 7) is 7.12. The van der Waals surface area contributed by atoms with Crippen LogP contribution in [0, 0.1) is 0 Å². The second kappa shape index (κ2) is 9.73. The highest BCUT2D eigenvalue weighted by Gasteiger charge is 2.26. The number of rotatable bonds is 10. The van der Waals surface area contributed by atoms with Crippen LogP contribution < -0.4 is 0 Å². The van der Waals surface area contributed by atoms with Gasteiger partial charge in [0, 0.05) is 16.5 Å². The van der Waals surface area contributed by atoms with Gasteiger partial charge in [0.25, 0.3) is 0 Å². The lowest BCUT2D eigenvalue weighted by molar-refractivity contribution is 0.369. The van der Waals surface area contributed by atoms with Crippen molar-refractivity contribution in [2.75, 3.05) is 0 Å². The lowest BCUT2D eigenvalue weighted by Crippen LogP contribution is -2.22. The van der Waals surface area contributed by atoms with E-state index in [1.54, 1.807) is 0 Å². The first-order valence-corrected chi connectivity index (χ1v) is 12.3. The SMILES string of the molecule is CCCCCCC(C)(CCCC)c1ccc2c(c1)c1ccccc1n2-c1ccccc1. The molecule has 3 aromatic carbocycles. The summed E-state index contributed by atoms with van der Waals surface area (Å²) in [5, 5.41) is 2.74. The Labute approximate surface area is 188 Å². The molecular formula is C30H37N. The molecule has 0 spiro atoms. The highest BCUT2D eigenvalue weighted by Crippen LogP contribution is 2.39. The molecule has 1 heteroatoms. The topological polar surface area (TPSA) is 4.93 Å². The number of para-hydroxylation sites is 2. The Morgan fingerprint density at radius 2 is 1.32 bits per heavy atom. The summed E-state index contributed by atoms with van der Waals surface area (Å²) >= 11 is 0. The van der Waals surface area contributed by atoms with Crippen LogP contribution >= 0.6 is 0 Å². The predicted octanol–water partition coefficient (Wildman–Crippen LogP) is 9.20. The van der Waals surface area contributed by atoms with Crippen molar-refractivity contribution >= 4 is 21.8 Å². The molecule has 0 aliphatic rings. The lowest BCUT2D eigenvalue weighted by atomic mass is 9.74. The van der Waals surface area contributed by atoms with Gasteiger partial charge in [0.2, 0.25) is 0 Å².